The summed E-state index contributed by atoms with van der Waals surface area (Å²) in [5.41, 5.74) is 0. The Balaban J connectivity index is 1.99. The molecule has 0 bridgehead atoms. The first-order chi connectivity index (χ1) is 7.66. The van der Waals surface area contributed by atoms with Crippen LogP contribution >= 0.6 is 0 Å². The molecule has 0 aromatic carbocycles. The highest BCUT2D eigenvalue weighted by Gasteiger charge is 2.19. The Morgan fingerprint density at radius 2 is 2.12 bits per heavy atom. The van der Waals surface area contributed by atoms with Crippen molar-refractivity contribution < 1.29 is 9.32 Å². The van der Waals surface area contributed by atoms with Gasteiger partial charge in [-0.15, -0.1) is 0 Å². The molecule has 0 aliphatic carbocycles. The van der Waals surface area contributed by atoms with Crippen LogP contribution in [0, 0.1) is 5.92 Å². The van der Waals surface area contributed by atoms with Crippen molar-refractivity contribution in [3.05, 3.63) is 5.89 Å². The number of hydrogen-bond acceptors (Lipinski definition) is 5. The quantitative estimate of drug-likeness (QED) is 0.773. The first-order valence-electron chi connectivity index (χ1n) is 5.77. The Kier molecular flexibility index (Phi) is 3.22. The van der Waals surface area contributed by atoms with Crippen molar-refractivity contribution >= 4 is 11.7 Å². The van der Waals surface area contributed by atoms with E-state index in [-0.39, 0.29) is 18.1 Å². The average Bonchev–Trinajstić information content (AvgIpc) is 2.85. The van der Waals surface area contributed by atoms with E-state index in [0.29, 0.717) is 11.8 Å². The molecule has 5 nitrogen and oxygen atoms in total. The summed E-state index contributed by atoms with van der Waals surface area (Å²) in [7, 11) is 0. The lowest BCUT2D eigenvalue weighted by molar-refractivity contribution is -0.121. The topological polar surface area (TPSA) is 59.2 Å². The highest BCUT2D eigenvalue weighted by atomic mass is 16.5. The molecule has 2 rings (SSSR count). The van der Waals surface area contributed by atoms with Gasteiger partial charge in [-0.25, -0.2) is 0 Å². The van der Waals surface area contributed by atoms with Crippen LogP contribution in [-0.4, -0.2) is 29.0 Å². The molecule has 1 aromatic rings. The molecule has 0 saturated carbocycles. The van der Waals surface area contributed by atoms with Crippen molar-refractivity contribution in [1.29, 1.82) is 0 Å². The fraction of sp³-hybridized carbons (Fsp3) is 0.727. The van der Waals surface area contributed by atoms with Gasteiger partial charge in [0.15, 0.2) is 0 Å². The van der Waals surface area contributed by atoms with Crippen LogP contribution in [0.1, 0.15) is 32.6 Å². The lowest BCUT2D eigenvalue weighted by Gasteiger charge is -2.09. The van der Waals surface area contributed by atoms with Gasteiger partial charge in [-0.2, -0.15) is 4.98 Å². The Labute approximate surface area is 94.8 Å². The predicted octanol–water partition coefficient (Wildman–Crippen LogP) is 1.44. The molecule has 1 aliphatic heterocycles. The third-order valence-electron chi connectivity index (χ3n) is 2.82. The maximum absolute atomic E-state index is 11.5. The highest BCUT2D eigenvalue weighted by Crippen LogP contribution is 2.16. The number of nitrogens with zero attached hydrogens (tertiary/aromatic N) is 3. The number of rotatable bonds is 4. The summed E-state index contributed by atoms with van der Waals surface area (Å²) in [4.78, 5) is 17.8. The van der Waals surface area contributed by atoms with Crippen molar-refractivity contribution in [3.63, 3.8) is 0 Å². The SMILES string of the molecule is CC(C)C(=O)Cc1nc(N2CCCC2)no1. The first-order valence-corrected chi connectivity index (χ1v) is 5.77. The maximum Gasteiger partial charge on any atom is 0.266 e. The monoisotopic (exact) mass is 223 g/mol. The van der Waals surface area contributed by atoms with Gasteiger partial charge in [0.1, 0.15) is 5.78 Å². The van der Waals surface area contributed by atoms with E-state index in [2.05, 4.69) is 15.0 Å². The molecule has 1 aliphatic rings. The Bertz CT molecular complexity index is 367. The third-order valence-corrected chi connectivity index (χ3v) is 2.82. The van der Waals surface area contributed by atoms with Crippen molar-refractivity contribution in [1.82, 2.24) is 10.1 Å². The Morgan fingerprint density at radius 3 is 2.75 bits per heavy atom. The zero-order valence-electron chi connectivity index (χ0n) is 9.77. The molecule has 0 amide bonds. The standard InChI is InChI=1S/C11H17N3O2/c1-8(2)9(15)7-10-12-11(13-16-10)14-5-3-4-6-14/h8H,3-7H2,1-2H3. The van der Waals surface area contributed by atoms with Crippen LogP contribution < -0.4 is 4.90 Å². The summed E-state index contributed by atoms with van der Waals surface area (Å²) in [6, 6.07) is 0. The van der Waals surface area contributed by atoms with Gasteiger partial charge in [0.25, 0.3) is 5.95 Å². The molecule has 0 unspecified atom stereocenters. The minimum Gasteiger partial charge on any atom is -0.338 e. The largest absolute Gasteiger partial charge is 0.338 e. The molecule has 1 aromatic heterocycles. The van der Waals surface area contributed by atoms with Crippen LogP contribution in [0.5, 0.6) is 0 Å². The van der Waals surface area contributed by atoms with Crippen LogP contribution in [0.4, 0.5) is 5.95 Å². The van der Waals surface area contributed by atoms with E-state index in [0.717, 1.165) is 13.1 Å². The van der Waals surface area contributed by atoms with Crippen molar-refractivity contribution in [3.8, 4) is 0 Å². The summed E-state index contributed by atoms with van der Waals surface area (Å²) in [5.74, 6) is 1.21. The van der Waals surface area contributed by atoms with Crippen LogP contribution in [0.3, 0.4) is 0 Å². The second kappa shape index (κ2) is 4.63. The molecule has 2 heterocycles. The number of anilines is 1. The van der Waals surface area contributed by atoms with Crippen molar-refractivity contribution in [2.75, 3.05) is 18.0 Å². The predicted molar refractivity (Wildman–Crippen MR) is 59.3 cm³/mol. The van der Waals surface area contributed by atoms with Gasteiger partial charge in [-0.1, -0.05) is 13.8 Å². The summed E-state index contributed by atoms with van der Waals surface area (Å²) in [6.45, 7) is 5.72. The molecule has 0 spiro atoms. The molecule has 0 atom stereocenters. The Morgan fingerprint density at radius 1 is 1.44 bits per heavy atom. The molecule has 1 saturated heterocycles. The van der Waals surface area contributed by atoms with Gasteiger partial charge < -0.3 is 9.42 Å². The number of hydrogen-bond donors (Lipinski definition) is 0. The molecular weight excluding hydrogens is 206 g/mol. The molecule has 5 heteroatoms. The van der Waals surface area contributed by atoms with E-state index in [1.165, 1.54) is 12.8 Å². The number of ketones is 1. The van der Waals surface area contributed by atoms with Crippen molar-refractivity contribution in [2.24, 2.45) is 5.92 Å². The van der Waals surface area contributed by atoms with Crippen LogP contribution in [0.15, 0.2) is 4.52 Å². The van der Waals surface area contributed by atoms with Gasteiger partial charge in [0.05, 0.1) is 6.42 Å². The van der Waals surface area contributed by atoms with E-state index in [4.69, 9.17) is 4.52 Å². The summed E-state index contributed by atoms with van der Waals surface area (Å²) in [6.07, 6.45) is 2.60. The minimum absolute atomic E-state index is 0.0159. The normalized spacial score (nSPS) is 16.1. The molecule has 0 N–H and O–H groups in total. The molecule has 16 heavy (non-hydrogen) atoms. The number of aromatic nitrogens is 2. The second-order valence-corrected chi connectivity index (χ2v) is 4.48. The van der Waals surface area contributed by atoms with E-state index < -0.39 is 0 Å². The van der Waals surface area contributed by atoms with Gasteiger partial charge in [-0.05, 0) is 18.0 Å². The number of Topliss-reactive ketones (excluding diaryl/α,β-unsaturated/α-hetero) is 1. The Hall–Kier alpha value is -1.39. The zero-order chi connectivity index (χ0) is 11.5. The van der Waals surface area contributed by atoms with Crippen LogP contribution in [0.25, 0.3) is 0 Å². The second-order valence-electron chi connectivity index (χ2n) is 4.48. The summed E-state index contributed by atoms with van der Waals surface area (Å²) < 4.78 is 5.07. The maximum atomic E-state index is 11.5. The van der Waals surface area contributed by atoms with Gasteiger partial charge in [0, 0.05) is 19.0 Å². The zero-order valence-corrected chi connectivity index (χ0v) is 9.77. The van der Waals surface area contributed by atoms with Crippen molar-refractivity contribution in [2.45, 2.75) is 33.1 Å². The van der Waals surface area contributed by atoms with Gasteiger partial charge >= 0.3 is 0 Å². The van der Waals surface area contributed by atoms with Gasteiger partial charge in [-0.3, -0.25) is 4.79 Å². The highest BCUT2D eigenvalue weighted by molar-refractivity contribution is 5.81. The molecule has 1 fully saturated rings. The fourth-order valence-electron chi connectivity index (χ4n) is 1.72. The molecular formula is C11H17N3O2. The third kappa shape index (κ3) is 2.40. The first kappa shape index (κ1) is 11.1. The smallest absolute Gasteiger partial charge is 0.266 e. The lowest BCUT2D eigenvalue weighted by atomic mass is 10.1. The summed E-state index contributed by atoms with van der Waals surface area (Å²) >= 11 is 0. The van der Waals surface area contributed by atoms with E-state index in [1.54, 1.807) is 0 Å². The number of carbonyl (C=O) groups is 1. The van der Waals surface area contributed by atoms with E-state index in [1.807, 2.05) is 13.8 Å². The molecule has 88 valence electrons. The van der Waals surface area contributed by atoms with Crippen LogP contribution in [0.2, 0.25) is 0 Å². The average molecular weight is 223 g/mol. The minimum atomic E-state index is 0.0159. The molecule has 0 radical (unpaired) electrons. The fourth-order valence-corrected chi connectivity index (χ4v) is 1.72. The summed E-state index contributed by atoms with van der Waals surface area (Å²) in [5, 5.41) is 3.90. The van der Waals surface area contributed by atoms with E-state index >= 15 is 0 Å². The van der Waals surface area contributed by atoms with E-state index in [9.17, 15) is 4.79 Å². The van der Waals surface area contributed by atoms with Crippen LogP contribution in [-0.2, 0) is 11.2 Å². The number of carbonyl (C=O) groups excluding carboxylic acids is 1. The van der Waals surface area contributed by atoms with Gasteiger partial charge in [0.2, 0.25) is 5.89 Å². The lowest BCUT2D eigenvalue weighted by Crippen LogP contribution is -2.19.